The number of aliphatic hydroxyl groups excluding tert-OH is 1. The van der Waals surface area contributed by atoms with Crippen molar-refractivity contribution >= 4 is 23.3 Å². The van der Waals surface area contributed by atoms with Gasteiger partial charge < -0.3 is 9.84 Å². The molecule has 6 heteroatoms. The third-order valence-electron chi connectivity index (χ3n) is 13.6. The average molecular weight is 529 g/mol. The molecule has 38 heavy (non-hydrogen) atoms. The Kier molecular flexibility index (Phi) is 6.61. The minimum absolute atomic E-state index is 0.114. The molecule has 6 nitrogen and oxygen atoms in total. The number of carbonyl (C=O) groups is 4. The molecule has 212 valence electrons. The lowest BCUT2D eigenvalue weighted by atomic mass is 9.43. The first-order chi connectivity index (χ1) is 17.7. The highest BCUT2D eigenvalue weighted by molar-refractivity contribution is 6.38. The molecule has 12 atom stereocenters. The van der Waals surface area contributed by atoms with E-state index in [9.17, 15) is 24.3 Å². The van der Waals surface area contributed by atoms with Crippen LogP contribution in [0.3, 0.4) is 0 Å². The number of esters is 1. The maximum atomic E-state index is 13.6. The van der Waals surface area contributed by atoms with Crippen LogP contribution in [-0.2, 0) is 23.9 Å². The molecule has 0 bridgehead atoms. The Morgan fingerprint density at radius 3 is 2.32 bits per heavy atom. The summed E-state index contributed by atoms with van der Waals surface area (Å²) in [6.07, 6.45) is 7.48. The van der Waals surface area contributed by atoms with Crippen molar-refractivity contribution in [2.45, 2.75) is 106 Å². The van der Waals surface area contributed by atoms with E-state index < -0.39 is 29.5 Å². The largest absolute Gasteiger partial charge is 0.462 e. The fourth-order valence-corrected chi connectivity index (χ4v) is 11.2. The number of carbonyl (C=O) groups excluding carboxylic acids is 4. The third kappa shape index (κ3) is 3.46. The van der Waals surface area contributed by atoms with Crippen molar-refractivity contribution < 1.29 is 29.0 Å². The van der Waals surface area contributed by atoms with Crippen LogP contribution in [0.5, 0.6) is 0 Å². The molecule has 1 unspecified atom stereocenters. The van der Waals surface area contributed by atoms with Crippen LogP contribution in [0.15, 0.2) is 0 Å². The molecule has 5 saturated carbocycles. The Balaban J connectivity index is 1.49. The third-order valence-corrected chi connectivity index (χ3v) is 13.6. The molecule has 2 spiro atoms. The summed E-state index contributed by atoms with van der Waals surface area (Å²) in [4.78, 5) is 51.8. The van der Waals surface area contributed by atoms with Gasteiger partial charge in [0.1, 0.15) is 11.9 Å². The molecule has 0 heterocycles. The maximum Gasteiger partial charge on any atom is 0.302 e. The summed E-state index contributed by atoms with van der Waals surface area (Å²) in [6, 6.07) is 0. The molecular weight excluding hydrogens is 480 g/mol. The monoisotopic (exact) mass is 528 g/mol. The molecule has 0 amide bonds. The topological polar surface area (TPSA) is 97.7 Å². The normalized spacial score (nSPS) is 47.5. The van der Waals surface area contributed by atoms with Gasteiger partial charge in [0.2, 0.25) is 11.6 Å². The molecule has 5 fully saturated rings. The van der Waals surface area contributed by atoms with E-state index in [-0.39, 0.29) is 52.0 Å². The van der Waals surface area contributed by atoms with Crippen molar-refractivity contribution in [3.63, 3.8) is 0 Å². The van der Waals surface area contributed by atoms with Crippen LogP contribution in [0.1, 0.15) is 99.8 Å². The van der Waals surface area contributed by atoms with Gasteiger partial charge in [-0.15, -0.1) is 0 Å². The highest BCUT2D eigenvalue weighted by Crippen LogP contribution is 2.88. The number of fused-ring (bicyclic) bond motifs is 2. The average Bonchev–Trinajstić information content (AvgIpc) is 3.48. The van der Waals surface area contributed by atoms with E-state index in [0.717, 1.165) is 38.5 Å². The highest BCUT2D eigenvalue weighted by Gasteiger charge is 2.82. The van der Waals surface area contributed by atoms with Crippen molar-refractivity contribution in [2.75, 3.05) is 6.61 Å². The quantitative estimate of drug-likeness (QED) is 0.361. The van der Waals surface area contributed by atoms with Crippen LogP contribution in [0.2, 0.25) is 0 Å². The number of ketones is 3. The van der Waals surface area contributed by atoms with E-state index in [0.29, 0.717) is 24.0 Å². The smallest absolute Gasteiger partial charge is 0.302 e. The van der Waals surface area contributed by atoms with Crippen molar-refractivity contribution in [3.8, 4) is 0 Å². The lowest BCUT2D eigenvalue weighted by Crippen LogP contribution is -2.56. The van der Waals surface area contributed by atoms with Gasteiger partial charge in [0.05, 0.1) is 0 Å². The first kappa shape index (κ1) is 28.0. The molecule has 0 saturated heterocycles. The van der Waals surface area contributed by atoms with E-state index in [1.54, 1.807) is 13.8 Å². The number of Topliss-reactive ketones (excluding diaryl/α,β-unsaturated/α-hetero) is 3. The zero-order valence-electron chi connectivity index (χ0n) is 24.5. The van der Waals surface area contributed by atoms with Crippen LogP contribution in [0, 0.1) is 63.1 Å². The van der Waals surface area contributed by atoms with Gasteiger partial charge in [-0.1, -0.05) is 41.5 Å². The summed E-state index contributed by atoms with van der Waals surface area (Å²) in [5.41, 5.74) is 0.173. The van der Waals surface area contributed by atoms with Gasteiger partial charge in [0.25, 0.3) is 0 Å². The molecule has 0 aromatic heterocycles. The van der Waals surface area contributed by atoms with Crippen molar-refractivity contribution in [1.82, 2.24) is 0 Å². The zero-order chi connectivity index (χ0) is 28.0. The van der Waals surface area contributed by atoms with E-state index in [2.05, 4.69) is 20.8 Å². The van der Waals surface area contributed by atoms with Gasteiger partial charge >= 0.3 is 5.97 Å². The molecule has 1 N–H and O–H groups in total. The van der Waals surface area contributed by atoms with Crippen LogP contribution in [0.4, 0.5) is 0 Å². The summed E-state index contributed by atoms with van der Waals surface area (Å²) in [5.74, 6) is -1.21. The van der Waals surface area contributed by atoms with Gasteiger partial charge in [-0.25, -0.2) is 0 Å². The van der Waals surface area contributed by atoms with Gasteiger partial charge in [0.15, 0.2) is 0 Å². The van der Waals surface area contributed by atoms with Crippen LogP contribution >= 0.6 is 0 Å². The second-order valence-corrected chi connectivity index (χ2v) is 14.7. The summed E-state index contributed by atoms with van der Waals surface area (Å²) in [5, 5.41) is 9.57. The summed E-state index contributed by atoms with van der Waals surface area (Å²) in [6.45, 7) is 13.5. The van der Waals surface area contributed by atoms with E-state index >= 15 is 0 Å². The van der Waals surface area contributed by atoms with Crippen molar-refractivity contribution in [1.29, 1.82) is 0 Å². The molecule has 0 aromatic carbocycles. The minimum Gasteiger partial charge on any atom is -0.462 e. The van der Waals surface area contributed by atoms with Gasteiger partial charge in [-0.3, -0.25) is 19.2 Å². The van der Waals surface area contributed by atoms with Gasteiger partial charge in [-0.05, 0) is 84.4 Å². The van der Waals surface area contributed by atoms with Crippen LogP contribution in [-0.4, -0.2) is 41.1 Å². The van der Waals surface area contributed by atoms with Crippen LogP contribution < -0.4 is 0 Å². The maximum absolute atomic E-state index is 13.6. The minimum atomic E-state index is -0.558. The Bertz CT molecular complexity index is 1050. The lowest BCUT2D eigenvalue weighted by molar-refractivity contribution is -0.157. The summed E-state index contributed by atoms with van der Waals surface area (Å²) >= 11 is 0. The Morgan fingerprint density at radius 2 is 1.68 bits per heavy atom. The van der Waals surface area contributed by atoms with Crippen LogP contribution in [0.25, 0.3) is 0 Å². The Morgan fingerprint density at radius 1 is 1.00 bits per heavy atom. The molecule has 5 aliphatic carbocycles. The lowest BCUT2D eigenvalue weighted by Gasteiger charge is -2.61. The standard InChI is InChI=1S/C32H48O6/c1-17(15-33)18(2)27(36)28(37)20(4)26-24(38-21(5)34)14-30(7)25-9-8-22-19(3)23(35)10-11-31(22)16-32(25,31)13-12-29(26,30)6/h17-20,22,24-26,33H,8-16H2,1-7H3/t17-,18?,19-,20-,22-,24-,25-,26-,29+,30-,31+,32-/m0/s1. The number of hydrogen-bond donors (Lipinski definition) is 1. The Labute approximate surface area is 228 Å². The van der Waals surface area contributed by atoms with Crippen molar-refractivity contribution in [2.24, 2.45) is 63.1 Å². The first-order valence-corrected chi connectivity index (χ1v) is 15.1. The second kappa shape index (κ2) is 8.97. The van der Waals surface area contributed by atoms with Crippen molar-refractivity contribution in [3.05, 3.63) is 0 Å². The highest BCUT2D eigenvalue weighted by atomic mass is 16.5. The number of hydrogen-bond acceptors (Lipinski definition) is 6. The van der Waals surface area contributed by atoms with Gasteiger partial charge in [-0.2, -0.15) is 0 Å². The van der Waals surface area contributed by atoms with Gasteiger partial charge in [0, 0.05) is 43.6 Å². The zero-order valence-corrected chi connectivity index (χ0v) is 24.5. The number of rotatable bonds is 7. The fourth-order valence-electron chi connectivity index (χ4n) is 11.2. The molecule has 5 aliphatic rings. The molecule has 0 radical (unpaired) electrons. The summed E-state index contributed by atoms with van der Waals surface area (Å²) in [7, 11) is 0. The van der Waals surface area contributed by atoms with E-state index in [1.807, 2.05) is 6.92 Å². The molecule has 0 aliphatic heterocycles. The van der Waals surface area contributed by atoms with E-state index in [4.69, 9.17) is 4.74 Å². The predicted octanol–water partition coefficient (Wildman–Crippen LogP) is 5.18. The number of ether oxygens (including phenoxy) is 1. The predicted molar refractivity (Wildman–Crippen MR) is 143 cm³/mol. The SMILES string of the molecule is CC(=O)O[C@H]1C[C@@]2(C)[C@@H]3CC[C@H]4[C@H](C)C(=O)CC[C@@]45C[C@@]35CC[C@]2(C)[C@H]1[C@H](C)C(=O)C(=O)C(C)[C@@H](C)CO. The summed E-state index contributed by atoms with van der Waals surface area (Å²) < 4.78 is 6.00. The van der Waals surface area contributed by atoms with E-state index in [1.165, 1.54) is 13.3 Å². The number of aliphatic hydroxyl groups is 1. The fraction of sp³-hybridized carbons (Fsp3) is 0.875. The first-order valence-electron chi connectivity index (χ1n) is 15.1. The molecule has 0 aromatic rings. The molecular formula is C32H48O6. The second-order valence-electron chi connectivity index (χ2n) is 14.7. The Hall–Kier alpha value is -1.56. The molecule has 5 rings (SSSR count).